The van der Waals surface area contributed by atoms with Gasteiger partial charge in [0.1, 0.15) is 0 Å². The highest BCUT2D eigenvalue weighted by molar-refractivity contribution is 5.87. The third-order valence-electron chi connectivity index (χ3n) is 2.39. The molecule has 74 valence electrons. The third-order valence-corrected chi connectivity index (χ3v) is 2.39. The molecule has 14 heavy (non-hydrogen) atoms. The van der Waals surface area contributed by atoms with Crippen LogP contribution in [0.15, 0.2) is 18.2 Å². The molecule has 1 heterocycles. The Morgan fingerprint density at radius 3 is 2.64 bits per heavy atom. The summed E-state index contributed by atoms with van der Waals surface area (Å²) in [6, 6.07) is 5.86. The molecule has 2 aromatic rings. The second kappa shape index (κ2) is 2.74. The summed E-state index contributed by atoms with van der Waals surface area (Å²) in [6.45, 7) is 6.42. The van der Waals surface area contributed by atoms with Crippen LogP contribution in [-0.2, 0) is 5.41 Å². The smallest absolute Gasteiger partial charge is 0.238 e. The predicted octanol–water partition coefficient (Wildman–Crippen LogP) is 2.57. The zero-order chi connectivity index (χ0) is 10.3. The highest BCUT2D eigenvalue weighted by atomic mass is 16.3. The number of aromatic hydroxyl groups is 1. The lowest BCUT2D eigenvalue weighted by Crippen LogP contribution is -2.11. The third kappa shape index (κ3) is 1.25. The Morgan fingerprint density at radius 2 is 2.00 bits per heavy atom. The van der Waals surface area contributed by atoms with Gasteiger partial charge in [-0.3, -0.25) is 5.10 Å². The minimum Gasteiger partial charge on any atom is -0.492 e. The number of aromatic amines is 1. The lowest BCUT2D eigenvalue weighted by atomic mass is 9.86. The van der Waals surface area contributed by atoms with Crippen molar-refractivity contribution in [1.82, 2.24) is 10.2 Å². The molecule has 2 N–H and O–H groups in total. The molecule has 0 atom stereocenters. The van der Waals surface area contributed by atoms with Gasteiger partial charge in [-0.2, -0.15) is 0 Å². The lowest BCUT2D eigenvalue weighted by molar-refractivity contribution is 0.457. The van der Waals surface area contributed by atoms with Crippen molar-refractivity contribution in [3.8, 4) is 5.88 Å². The fraction of sp³-hybridized carbons (Fsp3) is 0.364. The lowest BCUT2D eigenvalue weighted by Gasteiger charge is -2.19. The molecule has 0 aliphatic heterocycles. The maximum Gasteiger partial charge on any atom is 0.238 e. The van der Waals surface area contributed by atoms with E-state index in [1.165, 1.54) is 5.56 Å². The van der Waals surface area contributed by atoms with Gasteiger partial charge in [0.25, 0.3) is 0 Å². The molecule has 1 aromatic heterocycles. The second-order valence-corrected chi connectivity index (χ2v) is 4.53. The number of rotatable bonds is 0. The van der Waals surface area contributed by atoms with Gasteiger partial charge < -0.3 is 5.11 Å². The first-order valence-corrected chi connectivity index (χ1v) is 4.66. The Bertz CT molecular complexity index is 466. The van der Waals surface area contributed by atoms with Gasteiger partial charge in [-0.25, -0.2) is 0 Å². The van der Waals surface area contributed by atoms with Crippen molar-refractivity contribution >= 4 is 10.9 Å². The van der Waals surface area contributed by atoms with Gasteiger partial charge in [-0.1, -0.05) is 32.9 Å². The van der Waals surface area contributed by atoms with E-state index in [-0.39, 0.29) is 11.3 Å². The molecule has 3 nitrogen and oxygen atoms in total. The summed E-state index contributed by atoms with van der Waals surface area (Å²) in [6.07, 6.45) is 0. The minimum atomic E-state index is 0.0541. The molecular weight excluding hydrogens is 176 g/mol. The quantitative estimate of drug-likeness (QED) is 0.670. The molecule has 2 rings (SSSR count). The molecule has 0 aliphatic carbocycles. The summed E-state index contributed by atoms with van der Waals surface area (Å²) in [5.74, 6) is 0.0751. The molecule has 1 aromatic carbocycles. The molecule has 0 radical (unpaired) electrons. The molecule has 0 saturated heterocycles. The average molecular weight is 190 g/mol. The van der Waals surface area contributed by atoms with Crippen LogP contribution < -0.4 is 0 Å². The van der Waals surface area contributed by atoms with Gasteiger partial charge in [0.15, 0.2) is 0 Å². The first-order valence-electron chi connectivity index (χ1n) is 4.66. The van der Waals surface area contributed by atoms with Crippen molar-refractivity contribution < 1.29 is 5.11 Å². The molecule has 3 heteroatoms. The van der Waals surface area contributed by atoms with Gasteiger partial charge in [-0.05, 0) is 17.0 Å². The van der Waals surface area contributed by atoms with Crippen LogP contribution in [0, 0.1) is 0 Å². The van der Waals surface area contributed by atoms with Crippen molar-refractivity contribution in [2.75, 3.05) is 0 Å². The maximum atomic E-state index is 9.46. The van der Waals surface area contributed by atoms with Crippen molar-refractivity contribution in [2.24, 2.45) is 0 Å². The molecule has 0 aliphatic rings. The number of H-pyrrole nitrogens is 1. The fourth-order valence-electron chi connectivity index (χ4n) is 1.65. The number of hydrogen-bond donors (Lipinski definition) is 2. The van der Waals surface area contributed by atoms with Crippen molar-refractivity contribution in [2.45, 2.75) is 26.2 Å². The van der Waals surface area contributed by atoms with Crippen molar-refractivity contribution in [1.29, 1.82) is 0 Å². The molecule has 0 amide bonds. The monoisotopic (exact) mass is 190 g/mol. The number of benzene rings is 1. The van der Waals surface area contributed by atoms with Crippen LogP contribution in [0.25, 0.3) is 10.9 Å². The molecule has 0 fully saturated rings. The van der Waals surface area contributed by atoms with E-state index < -0.39 is 0 Å². The zero-order valence-electron chi connectivity index (χ0n) is 8.63. The molecule has 0 spiro atoms. The van der Waals surface area contributed by atoms with E-state index in [9.17, 15) is 5.11 Å². The van der Waals surface area contributed by atoms with Gasteiger partial charge in [-0.15, -0.1) is 5.10 Å². The minimum absolute atomic E-state index is 0.0541. The maximum absolute atomic E-state index is 9.46. The summed E-state index contributed by atoms with van der Waals surface area (Å²) >= 11 is 0. The zero-order valence-corrected chi connectivity index (χ0v) is 8.63. The van der Waals surface area contributed by atoms with Gasteiger partial charge in [0.2, 0.25) is 5.88 Å². The van der Waals surface area contributed by atoms with Crippen LogP contribution in [-0.4, -0.2) is 15.3 Å². The van der Waals surface area contributed by atoms with Crippen molar-refractivity contribution in [3.05, 3.63) is 23.8 Å². The first-order chi connectivity index (χ1) is 6.50. The standard InChI is InChI=1S/C11H14N2O/c1-11(2,3)8-6-4-5-7-9(8)12-13-10(7)14/h4-6H,1-3H3,(H2,12,13,14). The van der Waals surface area contributed by atoms with E-state index in [1.54, 1.807) is 0 Å². The average Bonchev–Trinajstić information content (AvgIpc) is 2.46. The van der Waals surface area contributed by atoms with Crippen LogP contribution in [0.4, 0.5) is 0 Å². The van der Waals surface area contributed by atoms with Gasteiger partial charge >= 0.3 is 0 Å². The number of para-hydroxylation sites is 1. The Balaban J connectivity index is 2.79. The molecular formula is C11H14N2O. The van der Waals surface area contributed by atoms with E-state index in [4.69, 9.17) is 0 Å². The SMILES string of the molecule is CC(C)(C)c1cccc2c(O)n[nH]c12. The molecule has 0 bridgehead atoms. The number of fused-ring (bicyclic) bond motifs is 1. The number of aromatic nitrogens is 2. The Labute approximate surface area is 82.8 Å². The first kappa shape index (κ1) is 9.06. The topological polar surface area (TPSA) is 48.9 Å². The van der Waals surface area contributed by atoms with E-state index in [1.807, 2.05) is 12.1 Å². The van der Waals surface area contributed by atoms with E-state index in [2.05, 4.69) is 37.0 Å². The summed E-state index contributed by atoms with van der Waals surface area (Å²) in [5, 5.41) is 16.9. The van der Waals surface area contributed by atoms with Gasteiger partial charge in [0.05, 0.1) is 10.9 Å². The highest BCUT2D eigenvalue weighted by Crippen LogP contribution is 2.31. The van der Waals surface area contributed by atoms with E-state index in [0.29, 0.717) is 0 Å². The Hall–Kier alpha value is -1.51. The van der Waals surface area contributed by atoms with Crippen LogP contribution in [0.5, 0.6) is 5.88 Å². The second-order valence-electron chi connectivity index (χ2n) is 4.53. The normalized spacial score (nSPS) is 12.2. The number of nitrogens with one attached hydrogen (secondary N) is 1. The number of nitrogens with zero attached hydrogens (tertiary/aromatic N) is 1. The summed E-state index contributed by atoms with van der Waals surface area (Å²) in [5.41, 5.74) is 2.15. The van der Waals surface area contributed by atoms with Crippen LogP contribution in [0.1, 0.15) is 26.3 Å². The van der Waals surface area contributed by atoms with E-state index in [0.717, 1.165) is 10.9 Å². The molecule has 0 unspecified atom stereocenters. The summed E-state index contributed by atoms with van der Waals surface area (Å²) in [4.78, 5) is 0. The predicted molar refractivity (Wildman–Crippen MR) is 56.5 cm³/mol. The van der Waals surface area contributed by atoms with Gasteiger partial charge in [0, 0.05) is 0 Å². The largest absolute Gasteiger partial charge is 0.492 e. The van der Waals surface area contributed by atoms with Crippen LogP contribution >= 0.6 is 0 Å². The van der Waals surface area contributed by atoms with E-state index >= 15 is 0 Å². The number of hydrogen-bond acceptors (Lipinski definition) is 2. The van der Waals surface area contributed by atoms with Crippen LogP contribution in [0.2, 0.25) is 0 Å². The Morgan fingerprint density at radius 1 is 1.29 bits per heavy atom. The highest BCUT2D eigenvalue weighted by Gasteiger charge is 2.18. The Kier molecular flexibility index (Phi) is 1.77. The summed E-state index contributed by atoms with van der Waals surface area (Å²) < 4.78 is 0. The molecule has 0 saturated carbocycles. The fourth-order valence-corrected chi connectivity index (χ4v) is 1.65. The summed E-state index contributed by atoms with van der Waals surface area (Å²) in [7, 11) is 0. The van der Waals surface area contributed by atoms with Crippen molar-refractivity contribution in [3.63, 3.8) is 0 Å². The van der Waals surface area contributed by atoms with Crippen LogP contribution in [0.3, 0.4) is 0 Å².